The number of rotatable bonds is 4. The largest absolute Gasteiger partial charge is 0.492 e. The highest BCUT2D eigenvalue weighted by molar-refractivity contribution is 6.30. The van der Waals surface area contributed by atoms with Crippen molar-refractivity contribution in [2.75, 3.05) is 20.2 Å². The molecule has 0 saturated carbocycles. The Labute approximate surface area is 90.2 Å². The smallest absolute Gasteiger partial charge is 0.125 e. The molecular formula is C11H16ClNO. The number of hydrogen-bond acceptors (Lipinski definition) is 2. The lowest BCUT2D eigenvalue weighted by atomic mass is 10.1. The number of benzene rings is 1. The van der Waals surface area contributed by atoms with Gasteiger partial charge in [0.1, 0.15) is 12.4 Å². The van der Waals surface area contributed by atoms with Crippen molar-refractivity contribution in [3.8, 4) is 5.75 Å². The molecule has 0 aliphatic rings. The van der Waals surface area contributed by atoms with E-state index in [0.717, 1.165) is 28.4 Å². The van der Waals surface area contributed by atoms with Crippen LogP contribution in [0.4, 0.5) is 0 Å². The van der Waals surface area contributed by atoms with Crippen LogP contribution in [0.5, 0.6) is 5.75 Å². The fourth-order valence-corrected chi connectivity index (χ4v) is 1.71. The number of hydrogen-bond donors (Lipinski definition) is 1. The molecule has 0 unspecified atom stereocenters. The fourth-order valence-electron chi connectivity index (χ4n) is 1.38. The molecule has 0 aliphatic carbocycles. The Morgan fingerprint density at radius 2 is 1.86 bits per heavy atom. The summed E-state index contributed by atoms with van der Waals surface area (Å²) in [6.45, 7) is 5.54. The molecule has 1 aromatic carbocycles. The monoisotopic (exact) mass is 213 g/mol. The standard InChI is InChI=1S/C11H16ClNO/c1-8-6-10(12)7-9(2)11(8)14-5-4-13-3/h6-7,13H,4-5H2,1-3H3. The number of likely N-dealkylation sites (N-methyl/N-ethyl adjacent to an activating group) is 1. The van der Waals surface area contributed by atoms with Crippen LogP contribution in [0.3, 0.4) is 0 Å². The van der Waals surface area contributed by atoms with Gasteiger partial charge in [-0.25, -0.2) is 0 Å². The average molecular weight is 214 g/mol. The van der Waals surface area contributed by atoms with E-state index in [4.69, 9.17) is 16.3 Å². The molecule has 0 radical (unpaired) electrons. The number of ether oxygens (including phenoxy) is 1. The zero-order chi connectivity index (χ0) is 10.6. The van der Waals surface area contributed by atoms with Crippen LogP contribution in [0.25, 0.3) is 0 Å². The van der Waals surface area contributed by atoms with Gasteiger partial charge in [0.15, 0.2) is 0 Å². The molecule has 0 amide bonds. The maximum Gasteiger partial charge on any atom is 0.125 e. The molecular weight excluding hydrogens is 198 g/mol. The summed E-state index contributed by atoms with van der Waals surface area (Å²) in [6.07, 6.45) is 0. The number of aryl methyl sites for hydroxylation is 2. The second kappa shape index (κ2) is 5.23. The van der Waals surface area contributed by atoms with Crippen molar-refractivity contribution in [2.45, 2.75) is 13.8 Å². The minimum atomic E-state index is 0.680. The molecule has 1 aromatic rings. The minimum absolute atomic E-state index is 0.680. The quantitative estimate of drug-likeness (QED) is 0.777. The van der Waals surface area contributed by atoms with Gasteiger partial charge >= 0.3 is 0 Å². The highest BCUT2D eigenvalue weighted by Crippen LogP contribution is 2.26. The summed E-state index contributed by atoms with van der Waals surface area (Å²) in [5, 5.41) is 3.80. The third-order valence-corrected chi connectivity index (χ3v) is 2.24. The maximum atomic E-state index is 5.92. The van der Waals surface area contributed by atoms with Crippen molar-refractivity contribution < 1.29 is 4.74 Å². The lowest BCUT2D eigenvalue weighted by Crippen LogP contribution is -2.16. The molecule has 2 nitrogen and oxygen atoms in total. The van der Waals surface area contributed by atoms with E-state index in [1.165, 1.54) is 0 Å². The van der Waals surface area contributed by atoms with Crippen LogP contribution in [-0.4, -0.2) is 20.2 Å². The van der Waals surface area contributed by atoms with E-state index in [1.807, 2.05) is 33.0 Å². The summed E-state index contributed by atoms with van der Waals surface area (Å²) in [5.74, 6) is 0.949. The van der Waals surface area contributed by atoms with Crippen LogP contribution < -0.4 is 10.1 Å². The molecule has 0 fully saturated rings. The Bertz CT molecular complexity index is 289. The summed E-state index contributed by atoms with van der Waals surface area (Å²) in [6, 6.07) is 3.84. The number of nitrogens with one attached hydrogen (secondary N) is 1. The first-order valence-electron chi connectivity index (χ1n) is 4.69. The van der Waals surface area contributed by atoms with E-state index < -0.39 is 0 Å². The van der Waals surface area contributed by atoms with Gasteiger partial charge in [-0.2, -0.15) is 0 Å². The Morgan fingerprint density at radius 3 is 2.36 bits per heavy atom. The van der Waals surface area contributed by atoms with Crippen LogP contribution in [0.15, 0.2) is 12.1 Å². The summed E-state index contributed by atoms with van der Waals surface area (Å²) < 4.78 is 5.64. The summed E-state index contributed by atoms with van der Waals surface area (Å²) in [5.41, 5.74) is 2.18. The first kappa shape index (κ1) is 11.3. The number of halogens is 1. The average Bonchev–Trinajstić information content (AvgIpc) is 2.09. The van der Waals surface area contributed by atoms with Gasteiger partial charge in [0.25, 0.3) is 0 Å². The summed E-state index contributed by atoms with van der Waals surface area (Å²) in [7, 11) is 1.91. The van der Waals surface area contributed by atoms with Gasteiger partial charge in [-0.3, -0.25) is 0 Å². The molecule has 14 heavy (non-hydrogen) atoms. The molecule has 78 valence electrons. The summed E-state index contributed by atoms with van der Waals surface area (Å²) in [4.78, 5) is 0. The van der Waals surface area contributed by atoms with Crippen molar-refractivity contribution in [2.24, 2.45) is 0 Å². The predicted octanol–water partition coefficient (Wildman–Crippen LogP) is 2.56. The fraction of sp³-hybridized carbons (Fsp3) is 0.455. The molecule has 1 N–H and O–H groups in total. The third-order valence-electron chi connectivity index (χ3n) is 2.02. The zero-order valence-electron chi connectivity index (χ0n) is 8.86. The van der Waals surface area contributed by atoms with Crippen molar-refractivity contribution in [1.82, 2.24) is 5.32 Å². The van der Waals surface area contributed by atoms with E-state index in [2.05, 4.69) is 5.32 Å². The van der Waals surface area contributed by atoms with Crippen molar-refractivity contribution >= 4 is 11.6 Å². The lowest BCUT2D eigenvalue weighted by Gasteiger charge is -2.12. The Balaban J connectivity index is 2.75. The van der Waals surface area contributed by atoms with Crippen LogP contribution in [0.1, 0.15) is 11.1 Å². The molecule has 0 spiro atoms. The topological polar surface area (TPSA) is 21.3 Å². The van der Waals surface area contributed by atoms with Gasteiger partial charge in [-0.15, -0.1) is 0 Å². The van der Waals surface area contributed by atoms with Gasteiger partial charge in [0, 0.05) is 11.6 Å². The van der Waals surface area contributed by atoms with Gasteiger partial charge in [0.2, 0.25) is 0 Å². The molecule has 3 heteroatoms. The Kier molecular flexibility index (Phi) is 4.23. The van der Waals surface area contributed by atoms with Crippen LogP contribution >= 0.6 is 11.6 Å². The van der Waals surface area contributed by atoms with Crippen LogP contribution in [-0.2, 0) is 0 Å². The zero-order valence-corrected chi connectivity index (χ0v) is 9.61. The van der Waals surface area contributed by atoms with Gasteiger partial charge in [-0.05, 0) is 44.2 Å². The van der Waals surface area contributed by atoms with Crippen molar-refractivity contribution in [3.63, 3.8) is 0 Å². The highest BCUT2D eigenvalue weighted by Gasteiger charge is 2.04. The van der Waals surface area contributed by atoms with E-state index in [9.17, 15) is 0 Å². The van der Waals surface area contributed by atoms with E-state index >= 15 is 0 Å². The third kappa shape index (κ3) is 2.89. The van der Waals surface area contributed by atoms with E-state index in [0.29, 0.717) is 6.61 Å². The van der Waals surface area contributed by atoms with E-state index in [1.54, 1.807) is 0 Å². The van der Waals surface area contributed by atoms with Crippen LogP contribution in [0, 0.1) is 13.8 Å². The molecule has 0 aliphatic heterocycles. The van der Waals surface area contributed by atoms with Gasteiger partial charge in [0.05, 0.1) is 0 Å². The Morgan fingerprint density at radius 1 is 1.29 bits per heavy atom. The first-order chi connectivity index (χ1) is 6.65. The molecule has 0 bridgehead atoms. The molecule has 0 heterocycles. The Hall–Kier alpha value is -0.730. The maximum absolute atomic E-state index is 5.92. The van der Waals surface area contributed by atoms with Crippen LogP contribution in [0.2, 0.25) is 5.02 Å². The molecule has 1 rings (SSSR count). The van der Waals surface area contributed by atoms with Gasteiger partial charge < -0.3 is 10.1 Å². The second-order valence-corrected chi connectivity index (χ2v) is 3.76. The SMILES string of the molecule is CNCCOc1c(C)cc(Cl)cc1C. The first-order valence-corrected chi connectivity index (χ1v) is 5.07. The normalized spacial score (nSPS) is 10.3. The highest BCUT2D eigenvalue weighted by atomic mass is 35.5. The van der Waals surface area contributed by atoms with Crippen molar-refractivity contribution in [3.05, 3.63) is 28.3 Å². The molecule has 0 atom stereocenters. The second-order valence-electron chi connectivity index (χ2n) is 3.32. The predicted molar refractivity (Wildman–Crippen MR) is 60.3 cm³/mol. The molecule has 0 saturated heterocycles. The minimum Gasteiger partial charge on any atom is -0.492 e. The van der Waals surface area contributed by atoms with Gasteiger partial charge in [-0.1, -0.05) is 11.6 Å². The van der Waals surface area contributed by atoms with E-state index in [-0.39, 0.29) is 0 Å². The molecule has 0 aromatic heterocycles. The van der Waals surface area contributed by atoms with Crippen molar-refractivity contribution in [1.29, 1.82) is 0 Å². The lowest BCUT2D eigenvalue weighted by molar-refractivity contribution is 0.314. The summed E-state index contributed by atoms with van der Waals surface area (Å²) >= 11 is 5.92.